The first-order valence-corrected chi connectivity index (χ1v) is 11.6. The fourth-order valence-corrected chi connectivity index (χ4v) is 4.94. The summed E-state index contributed by atoms with van der Waals surface area (Å²) in [7, 11) is -3.86. The third-order valence-electron chi connectivity index (χ3n) is 4.77. The van der Waals surface area contributed by atoms with E-state index in [4.69, 9.17) is 11.6 Å². The Morgan fingerprint density at radius 2 is 1.44 bits per heavy atom. The first kappa shape index (κ1) is 21.7. The highest BCUT2D eigenvalue weighted by Crippen LogP contribution is 2.31. The molecular weight excluding hydrogens is 446 g/mol. The number of halogens is 1. The largest absolute Gasteiger partial charge is 0.323 e. The van der Waals surface area contributed by atoms with Crippen LogP contribution in [0.2, 0.25) is 5.02 Å². The van der Waals surface area contributed by atoms with Crippen LogP contribution in [0, 0.1) is 6.92 Å². The Morgan fingerprint density at radius 1 is 0.781 bits per heavy atom. The van der Waals surface area contributed by atoms with Crippen molar-refractivity contribution < 1.29 is 13.2 Å². The van der Waals surface area contributed by atoms with E-state index >= 15 is 0 Å². The van der Waals surface area contributed by atoms with Gasteiger partial charge in [-0.15, -0.1) is 0 Å². The summed E-state index contributed by atoms with van der Waals surface area (Å²) in [4.78, 5) is 12.5. The molecule has 4 aromatic rings. The number of benzene rings is 4. The highest BCUT2D eigenvalue weighted by Gasteiger charge is 2.17. The molecule has 0 unspecified atom stereocenters. The summed E-state index contributed by atoms with van der Waals surface area (Å²) in [6.07, 6.45) is 0. The number of hydrogen-bond acceptors (Lipinski definition) is 3. The van der Waals surface area contributed by atoms with Crippen LogP contribution < -0.4 is 15.4 Å². The minimum atomic E-state index is -3.86. The van der Waals surface area contributed by atoms with Gasteiger partial charge in [0.05, 0.1) is 16.3 Å². The molecule has 162 valence electrons. The zero-order valence-corrected chi connectivity index (χ0v) is 18.7. The van der Waals surface area contributed by atoms with E-state index in [0.717, 1.165) is 5.56 Å². The number of anilines is 3. The first-order valence-electron chi connectivity index (χ1n) is 9.77. The summed E-state index contributed by atoms with van der Waals surface area (Å²) in [5.74, 6) is 0. The van der Waals surface area contributed by atoms with Gasteiger partial charge in [0.15, 0.2) is 0 Å². The van der Waals surface area contributed by atoms with E-state index in [0.29, 0.717) is 32.9 Å². The van der Waals surface area contributed by atoms with Crippen LogP contribution in [0.15, 0.2) is 89.8 Å². The van der Waals surface area contributed by atoms with Crippen LogP contribution in [0.1, 0.15) is 5.56 Å². The van der Waals surface area contributed by atoms with Gasteiger partial charge < -0.3 is 10.6 Å². The highest BCUT2D eigenvalue weighted by molar-refractivity contribution is 7.92. The van der Waals surface area contributed by atoms with E-state index in [-0.39, 0.29) is 4.90 Å². The third kappa shape index (κ3) is 4.85. The molecule has 4 rings (SSSR count). The summed E-state index contributed by atoms with van der Waals surface area (Å²) in [6, 6.07) is 23.8. The van der Waals surface area contributed by atoms with E-state index in [2.05, 4.69) is 15.4 Å². The average Bonchev–Trinajstić information content (AvgIpc) is 2.74. The Bertz CT molecular complexity index is 1390. The van der Waals surface area contributed by atoms with Gasteiger partial charge in [-0.2, -0.15) is 0 Å². The van der Waals surface area contributed by atoms with Crippen molar-refractivity contribution in [2.24, 2.45) is 0 Å². The molecule has 0 saturated heterocycles. The summed E-state index contributed by atoms with van der Waals surface area (Å²) in [6.45, 7) is 1.78. The SMILES string of the molecule is Cc1cc(Cl)cc(S(=O)(=O)Nc2cccc3c(NC(=O)Nc4ccccc4)cccc23)c1. The van der Waals surface area contributed by atoms with Crippen molar-refractivity contribution in [3.05, 3.63) is 95.5 Å². The molecule has 4 aromatic carbocycles. The summed E-state index contributed by atoms with van der Waals surface area (Å²) in [5, 5.41) is 7.28. The number of aryl methyl sites for hydroxylation is 1. The molecule has 0 aliphatic carbocycles. The minimum Gasteiger partial charge on any atom is -0.308 e. The molecule has 32 heavy (non-hydrogen) atoms. The molecule has 0 heterocycles. The van der Waals surface area contributed by atoms with Crippen LogP contribution in [0.3, 0.4) is 0 Å². The smallest absolute Gasteiger partial charge is 0.308 e. The highest BCUT2D eigenvalue weighted by atomic mass is 35.5. The van der Waals surface area contributed by atoms with Gasteiger partial charge in [0.2, 0.25) is 0 Å². The van der Waals surface area contributed by atoms with Crippen molar-refractivity contribution in [3.8, 4) is 0 Å². The molecule has 0 aliphatic heterocycles. The number of urea groups is 1. The van der Waals surface area contributed by atoms with E-state index in [1.807, 2.05) is 24.3 Å². The fraction of sp³-hybridized carbons (Fsp3) is 0.0417. The summed E-state index contributed by atoms with van der Waals surface area (Å²) < 4.78 is 28.6. The molecule has 2 amide bonds. The molecule has 0 fully saturated rings. The summed E-state index contributed by atoms with van der Waals surface area (Å²) in [5.41, 5.74) is 2.35. The van der Waals surface area contributed by atoms with Crippen LogP contribution in [0.5, 0.6) is 0 Å². The first-order chi connectivity index (χ1) is 15.3. The maximum absolute atomic E-state index is 13.0. The topological polar surface area (TPSA) is 87.3 Å². The average molecular weight is 466 g/mol. The van der Waals surface area contributed by atoms with E-state index in [1.165, 1.54) is 6.07 Å². The second kappa shape index (κ2) is 8.90. The molecule has 0 bridgehead atoms. The van der Waals surface area contributed by atoms with E-state index in [1.54, 1.807) is 61.5 Å². The second-order valence-electron chi connectivity index (χ2n) is 7.22. The van der Waals surface area contributed by atoms with Crippen LogP contribution in [-0.4, -0.2) is 14.4 Å². The minimum absolute atomic E-state index is 0.0796. The lowest BCUT2D eigenvalue weighted by Gasteiger charge is -2.14. The fourth-order valence-electron chi connectivity index (χ4n) is 3.38. The Hall–Kier alpha value is -3.55. The molecule has 0 spiro atoms. The van der Waals surface area contributed by atoms with E-state index in [9.17, 15) is 13.2 Å². The molecule has 0 radical (unpaired) electrons. The lowest BCUT2D eigenvalue weighted by molar-refractivity contribution is 0.262. The van der Waals surface area contributed by atoms with E-state index < -0.39 is 16.1 Å². The quantitative estimate of drug-likeness (QED) is 0.325. The van der Waals surface area contributed by atoms with Crippen molar-refractivity contribution in [1.29, 1.82) is 0 Å². The molecule has 0 atom stereocenters. The van der Waals surface area contributed by atoms with Crippen molar-refractivity contribution >= 4 is 55.5 Å². The standard InChI is InChI=1S/C24H20ClN3O3S/c1-16-13-17(25)15-19(14-16)32(30,31)28-23-12-6-9-20-21(23)10-5-11-22(20)27-24(29)26-18-7-3-2-4-8-18/h2-15,28H,1H3,(H2,26,27,29). The predicted octanol–water partition coefficient (Wildman–Crippen LogP) is 6.25. The van der Waals surface area contributed by atoms with Crippen molar-refractivity contribution in [2.45, 2.75) is 11.8 Å². The zero-order chi connectivity index (χ0) is 22.7. The summed E-state index contributed by atoms with van der Waals surface area (Å²) >= 11 is 6.04. The van der Waals surface area contributed by atoms with Crippen molar-refractivity contribution in [1.82, 2.24) is 0 Å². The molecule has 0 aliphatic rings. The van der Waals surface area contributed by atoms with Crippen LogP contribution in [0.25, 0.3) is 10.8 Å². The van der Waals surface area contributed by atoms with Crippen LogP contribution in [-0.2, 0) is 10.0 Å². The lowest BCUT2D eigenvalue weighted by atomic mass is 10.1. The van der Waals surface area contributed by atoms with Gasteiger partial charge in [-0.05, 0) is 55.0 Å². The molecule has 0 saturated carbocycles. The van der Waals surface area contributed by atoms with Gasteiger partial charge in [-0.3, -0.25) is 4.72 Å². The number of carbonyl (C=O) groups excluding carboxylic acids is 1. The van der Waals surface area contributed by atoms with Crippen molar-refractivity contribution in [3.63, 3.8) is 0 Å². The second-order valence-corrected chi connectivity index (χ2v) is 9.34. The van der Waals surface area contributed by atoms with Crippen LogP contribution >= 0.6 is 11.6 Å². The maximum atomic E-state index is 13.0. The number of sulfonamides is 1. The van der Waals surface area contributed by atoms with Crippen molar-refractivity contribution in [2.75, 3.05) is 15.4 Å². The maximum Gasteiger partial charge on any atom is 0.323 e. The number of fused-ring (bicyclic) bond motifs is 1. The normalized spacial score (nSPS) is 11.2. The van der Waals surface area contributed by atoms with Gasteiger partial charge >= 0.3 is 6.03 Å². The van der Waals surface area contributed by atoms with Crippen LogP contribution in [0.4, 0.5) is 21.9 Å². The van der Waals surface area contributed by atoms with Gasteiger partial charge in [0.1, 0.15) is 0 Å². The van der Waals surface area contributed by atoms with Gasteiger partial charge in [0.25, 0.3) is 10.0 Å². The number of hydrogen-bond donors (Lipinski definition) is 3. The molecule has 0 aromatic heterocycles. The zero-order valence-electron chi connectivity index (χ0n) is 17.1. The molecule has 3 N–H and O–H groups in total. The van der Waals surface area contributed by atoms with Gasteiger partial charge in [0, 0.05) is 21.5 Å². The number of para-hydroxylation sites is 1. The Balaban J connectivity index is 1.64. The molecular formula is C24H20ClN3O3S. The monoisotopic (exact) mass is 465 g/mol. The number of rotatable bonds is 5. The number of carbonyl (C=O) groups is 1. The number of nitrogens with one attached hydrogen (secondary N) is 3. The Kier molecular flexibility index (Phi) is 6.03. The third-order valence-corrected chi connectivity index (χ3v) is 6.34. The van der Waals surface area contributed by atoms with Gasteiger partial charge in [-0.25, -0.2) is 13.2 Å². The lowest BCUT2D eigenvalue weighted by Crippen LogP contribution is -2.19. The Labute approximate surface area is 191 Å². The molecule has 6 nitrogen and oxygen atoms in total. The van der Waals surface area contributed by atoms with Gasteiger partial charge in [-0.1, -0.05) is 54.1 Å². The number of amides is 2. The predicted molar refractivity (Wildman–Crippen MR) is 130 cm³/mol. The Morgan fingerprint density at radius 3 is 2.12 bits per heavy atom. The molecule has 8 heteroatoms.